The predicted octanol–water partition coefficient (Wildman–Crippen LogP) is 4.12. The Morgan fingerprint density at radius 1 is 0.963 bits per heavy atom. The zero-order chi connectivity index (χ0) is 19.2. The molecule has 0 saturated carbocycles. The summed E-state index contributed by atoms with van der Waals surface area (Å²) >= 11 is 1.32. The van der Waals surface area contributed by atoms with E-state index in [2.05, 4.69) is 15.6 Å². The first-order valence-electron chi connectivity index (χ1n) is 8.65. The highest BCUT2D eigenvalue weighted by Crippen LogP contribution is 2.19. The van der Waals surface area contributed by atoms with Crippen molar-refractivity contribution >= 4 is 34.0 Å². The van der Waals surface area contributed by atoms with Crippen LogP contribution in [0.2, 0.25) is 0 Å². The number of hydrogen-bond acceptors (Lipinski definition) is 4. The summed E-state index contributed by atoms with van der Waals surface area (Å²) in [5, 5.41) is 8.01. The van der Waals surface area contributed by atoms with Crippen molar-refractivity contribution in [1.82, 2.24) is 4.98 Å². The minimum absolute atomic E-state index is 0.123. The van der Waals surface area contributed by atoms with Crippen LogP contribution >= 0.6 is 11.3 Å². The molecule has 5 nitrogen and oxygen atoms in total. The molecule has 3 rings (SSSR count). The highest BCUT2D eigenvalue weighted by molar-refractivity contribution is 7.13. The van der Waals surface area contributed by atoms with Gasteiger partial charge in [-0.15, -0.1) is 11.3 Å². The average Bonchev–Trinajstić information content (AvgIpc) is 3.05. The van der Waals surface area contributed by atoms with Crippen LogP contribution in [0, 0.1) is 13.8 Å². The molecule has 0 unspecified atom stereocenters. The number of carbonyl (C=O) groups excluding carboxylic acids is 2. The maximum atomic E-state index is 12.3. The lowest BCUT2D eigenvalue weighted by molar-refractivity contribution is -0.116. The van der Waals surface area contributed by atoms with Crippen LogP contribution in [0.3, 0.4) is 0 Å². The second kappa shape index (κ2) is 8.60. The monoisotopic (exact) mass is 379 g/mol. The first kappa shape index (κ1) is 18.8. The van der Waals surface area contributed by atoms with Crippen LogP contribution in [0.5, 0.6) is 0 Å². The molecule has 0 fully saturated rings. The van der Waals surface area contributed by atoms with Crippen molar-refractivity contribution < 1.29 is 9.59 Å². The minimum atomic E-state index is -0.129. The van der Waals surface area contributed by atoms with E-state index in [4.69, 9.17) is 0 Å². The Bertz CT molecular complexity index is 951. The summed E-state index contributed by atoms with van der Waals surface area (Å²) in [4.78, 5) is 28.7. The number of hydrogen-bond donors (Lipinski definition) is 2. The van der Waals surface area contributed by atoms with E-state index in [9.17, 15) is 9.59 Å². The Morgan fingerprint density at radius 3 is 2.48 bits per heavy atom. The van der Waals surface area contributed by atoms with Crippen molar-refractivity contribution in [2.24, 2.45) is 0 Å². The number of aromatic nitrogens is 1. The molecular formula is C21H21N3O2S. The second-order valence-electron chi connectivity index (χ2n) is 6.40. The van der Waals surface area contributed by atoms with Gasteiger partial charge in [0.2, 0.25) is 11.8 Å². The number of thiazole rings is 1. The lowest BCUT2D eigenvalue weighted by atomic mass is 10.1. The standard InChI is InChI=1S/C21H21N3O2S/c1-14-8-9-15(2)18(10-14)23-20(26)12-17-13-27-21(22-17)24-19(25)11-16-6-4-3-5-7-16/h3-10,13H,11-12H2,1-2H3,(H,23,26)(H,22,24,25). The summed E-state index contributed by atoms with van der Waals surface area (Å²) in [6.45, 7) is 3.94. The molecule has 1 heterocycles. The molecule has 0 aliphatic carbocycles. The van der Waals surface area contributed by atoms with Gasteiger partial charge >= 0.3 is 0 Å². The molecule has 27 heavy (non-hydrogen) atoms. The Balaban J connectivity index is 1.55. The van der Waals surface area contributed by atoms with E-state index in [0.29, 0.717) is 17.2 Å². The maximum absolute atomic E-state index is 12.3. The van der Waals surface area contributed by atoms with Gasteiger partial charge in [0.05, 0.1) is 18.5 Å². The molecule has 0 atom stereocenters. The van der Waals surface area contributed by atoms with Gasteiger partial charge in [0, 0.05) is 11.1 Å². The third-order valence-electron chi connectivity index (χ3n) is 4.01. The van der Waals surface area contributed by atoms with Gasteiger partial charge in [0.15, 0.2) is 5.13 Å². The zero-order valence-electron chi connectivity index (χ0n) is 15.3. The highest BCUT2D eigenvalue weighted by atomic mass is 32.1. The molecule has 6 heteroatoms. The van der Waals surface area contributed by atoms with Gasteiger partial charge in [-0.05, 0) is 36.6 Å². The molecule has 1 aromatic heterocycles. The van der Waals surface area contributed by atoms with E-state index in [1.807, 2.05) is 62.4 Å². The SMILES string of the molecule is Cc1ccc(C)c(NC(=O)Cc2csc(NC(=O)Cc3ccccc3)n2)c1. The fourth-order valence-electron chi connectivity index (χ4n) is 2.62. The highest BCUT2D eigenvalue weighted by Gasteiger charge is 2.11. The van der Waals surface area contributed by atoms with Crippen LogP contribution in [0.25, 0.3) is 0 Å². The Hall–Kier alpha value is -2.99. The molecule has 0 radical (unpaired) electrons. The predicted molar refractivity (Wildman–Crippen MR) is 109 cm³/mol. The largest absolute Gasteiger partial charge is 0.325 e. The molecule has 138 valence electrons. The summed E-state index contributed by atoms with van der Waals surface area (Å²) in [6.07, 6.45) is 0.460. The Labute approximate surface area is 162 Å². The molecule has 0 aliphatic rings. The fourth-order valence-corrected chi connectivity index (χ4v) is 3.35. The molecule has 0 spiro atoms. The third kappa shape index (κ3) is 5.49. The number of nitrogens with zero attached hydrogens (tertiary/aromatic N) is 1. The fraction of sp³-hybridized carbons (Fsp3) is 0.190. The molecule has 2 aromatic carbocycles. The summed E-state index contributed by atoms with van der Waals surface area (Å²) in [5.74, 6) is -0.252. The van der Waals surface area contributed by atoms with Crippen LogP contribution in [-0.2, 0) is 22.4 Å². The van der Waals surface area contributed by atoms with E-state index < -0.39 is 0 Å². The lowest BCUT2D eigenvalue weighted by Gasteiger charge is -2.08. The van der Waals surface area contributed by atoms with E-state index in [1.54, 1.807) is 5.38 Å². The molecule has 0 saturated heterocycles. The van der Waals surface area contributed by atoms with E-state index in [0.717, 1.165) is 22.4 Å². The van der Waals surface area contributed by atoms with Gasteiger partial charge in [-0.2, -0.15) is 0 Å². The number of benzene rings is 2. The summed E-state index contributed by atoms with van der Waals surface area (Å²) in [7, 11) is 0. The van der Waals surface area contributed by atoms with Crippen molar-refractivity contribution in [3.63, 3.8) is 0 Å². The van der Waals surface area contributed by atoms with Crippen molar-refractivity contribution in [3.8, 4) is 0 Å². The first-order chi connectivity index (χ1) is 13.0. The summed E-state index contributed by atoms with van der Waals surface area (Å²) in [6, 6.07) is 15.5. The third-order valence-corrected chi connectivity index (χ3v) is 4.82. The molecule has 0 bridgehead atoms. The number of anilines is 2. The maximum Gasteiger partial charge on any atom is 0.230 e. The number of nitrogens with one attached hydrogen (secondary N) is 2. The Kier molecular flexibility index (Phi) is 5.98. The number of amides is 2. The second-order valence-corrected chi connectivity index (χ2v) is 7.26. The van der Waals surface area contributed by atoms with Crippen molar-refractivity contribution in [2.75, 3.05) is 10.6 Å². The van der Waals surface area contributed by atoms with Crippen molar-refractivity contribution in [3.05, 3.63) is 76.3 Å². The minimum Gasteiger partial charge on any atom is -0.325 e. The van der Waals surface area contributed by atoms with Gasteiger partial charge in [0.25, 0.3) is 0 Å². The van der Waals surface area contributed by atoms with Crippen LogP contribution in [0.1, 0.15) is 22.4 Å². The van der Waals surface area contributed by atoms with Crippen LogP contribution in [-0.4, -0.2) is 16.8 Å². The van der Waals surface area contributed by atoms with E-state index in [1.165, 1.54) is 11.3 Å². The van der Waals surface area contributed by atoms with Gasteiger partial charge in [0.1, 0.15) is 0 Å². The molecule has 2 amide bonds. The van der Waals surface area contributed by atoms with Gasteiger partial charge in [-0.3, -0.25) is 9.59 Å². The van der Waals surface area contributed by atoms with Crippen LogP contribution in [0.4, 0.5) is 10.8 Å². The average molecular weight is 379 g/mol. The quantitative estimate of drug-likeness (QED) is 0.677. The lowest BCUT2D eigenvalue weighted by Crippen LogP contribution is -2.16. The number of rotatable bonds is 6. The van der Waals surface area contributed by atoms with Gasteiger partial charge in [-0.25, -0.2) is 4.98 Å². The van der Waals surface area contributed by atoms with Crippen LogP contribution < -0.4 is 10.6 Å². The number of aryl methyl sites for hydroxylation is 2. The molecule has 3 aromatic rings. The first-order valence-corrected chi connectivity index (χ1v) is 9.53. The van der Waals surface area contributed by atoms with Gasteiger partial charge < -0.3 is 10.6 Å². The van der Waals surface area contributed by atoms with Crippen LogP contribution in [0.15, 0.2) is 53.9 Å². The van der Waals surface area contributed by atoms with E-state index in [-0.39, 0.29) is 18.2 Å². The smallest absolute Gasteiger partial charge is 0.230 e. The number of carbonyl (C=O) groups is 2. The Morgan fingerprint density at radius 2 is 1.70 bits per heavy atom. The summed E-state index contributed by atoms with van der Waals surface area (Å²) in [5.41, 5.74) is 4.50. The topological polar surface area (TPSA) is 71.1 Å². The van der Waals surface area contributed by atoms with Crippen molar-refractivity contribution in [1.29, 1.82) is 0 Å². The molecule has 0 aliphatic heterocycles. The summed E-state index contributed by atoms with van der Waals surface area (Å²) < 4.78 is 0. The van der Waals surface area contributed by atoms with E-state index >= 15 is 0 Å². The van der Waals surface area contributed by atoms with Crippen molar-refractivity contribution in [2.45, 2.75) is 26.7 Å². The normalized spacial score (nSPS) is 10.4. The zero-order valence-corrected chi connectivity index (χ0v) is 16.1. The van der Waals surface area contributed by atoms with Gasteiger partial charge in [-0.1, -0.05) is 42.5 Å². The molecule has 2 N–H and O–H groups in total. The molecular weight excluding hydrogens is 358 g/mol.